The minimum Gasteiger partial charge on any atom is -0.370 e. The van der Waals surface area contributed by atoms with Crippen molar-refractivity contribution >= 4 is 21.7 Å². The van der Waals surface area contributed by atoms with Crippen LogP contribution in [0.25, 0.3) is 0 Å². The Hall–Kier alpha value is -0.670. The van der Waals surface area contributed by atoms with Gasteiger partial charge in [-0.1, -0.05) is 28.1 Å². The van der Waals surface area contributed by atoms with E-state index >= 15 is 0 Å². The molecule has 0 spiro atoms. The molecule has 1 unspecified atom stereocenters. The normalized spacial score (nSPS) is 20.7. The van der Waals surface area contributed by atoms with Crippen LogP contribution >= 0.6 is 15.9 Å². The predicted molar refractivity (Wildman–Crippen MR) is 66.4 cm³/mol. The van der Waals surface area contributed by atoms with Gasteiger partial charge in [0.05, 0.1) is 0 Å². The van der Waals surface area contributed by atoms with Gasteiger partial charge >= 0.3 is 0 Å². The van der Waals surface area contributed by atoms with E-state index in [-0.39, 0.29) is 11.9 Å². The van der Waals surface area contributed by atoms with Gasteiger partial charge < -0.3 is 4.74 Å². The van der Waals surface area contributed by atoms with Crippen molar-refractivity contribution in [2.24, 2.45) is 0 Å². The lowest BCUT2D eigenvalue weighted by atomic mass is 10.00. The maximum atomic E-state index is 11.9. The van der Waals surface area contributed by atoms with Crippen LogP contribution in [-0.2, 0) is 16.0 Å². The molecule has 0 amide bonds. The molecule has 0 aromatic heterocycles. The Morgan fingerprint density at radius 1 is 1.31 bits per heavy atom. The molecule has 1 heterocycles. The molecule has 0 radical (unpaired) electrons. The maximum Gasteiger partial charge on any atom is 0.165 e. The zero-order valence-electron chi connectivity index (χ0n) is 9.12. The molecule has 3 heteroatoms. The lowest BCUT2D eigenvalue weighted by Gasteiger charge is -2.21. The van der Waals surface area contributed by atoms with Gasteiger partial charge in [0, 0.05) is 17.5 Å². The number of Topliss-reactive ketones (excluding diaryl/α,β-unsaturated/α-hetero) is 1. The third-order valence-electron chi connectivity index (χ3n) is 2.83. The largest absolute Gasteiger partial charge is 0.370 e. The lowest BCUT2D eigenvalue weighted by Crippen LogP contribution is -2.29. The second kappa shape index (κ2) is 5.60. The number of ether oxygens (including phenoxy) is 1. The van der Waals surface area contributed by atoms with Crippen molar-refractivity contribution in [1.82, 2.24) is 0 Å². The molecule has 1 aromatic carbocycles. The summed E-state index contributed by atoms with van der Waals surface area (Å²) in [7, 11) is 0. The van der Waals surface area contributed by atoms with Gasteiger partial charge in [0.15, 0.2) is 5.78 Å². The summed E-state index contributed by atoms with van der Waals surface area (Å²) in [4.78, 5) is 11.9. The third kappa shape index (κ3) is 3.16. The molecule has 1 saturated heterocycles. The van der Waals surface area contributed by atoms with Crippen molar-refractivity contribution in [3.05, 3.63) is 34.3 Å². The van der Waals surface area contributed by atoms with Gasteiger partial charge in [-0.3, -0.25) is 4.79 Å². The first-order chi connectivity index (χ1) is 7.75. The molecule has 1 fully saturated rings. The fraction of sp³-hybridized carbons (Fsp3) is 0.462. The molecular weight excluding hydrogens is 268 g/mol. The second-order valence-electron chi connectivity index (χ2n) is 4.12. The lowest BCUT2D eigenvalue weighted by molar-refractivity contribution is -0.132. The summed E-state index contributed by atoms with van der Waals surface area (Å²) in [6, 6.07) is 7.88. The summed E-state index contributed by atoms with van der Waals surface area (Å²) < 4.78 is 6.52. The Labute approximate surface area is 104 Å². The van der Waals surface area contributed by atoms with Crippen LogP contribution in [0.5, 0.6) is 0 Å². The number of carbonyl (C=O) groups excluding carboxylic acids is 1. The molecule has 1 aliphatic heterocycles. The van der Waals surface area contributed by atoms with Gasteiger partial charge in [0.1, 0.15) is 6.10 Å². The molecule has 0 saturated carbocycles. The Bertz CT molecular complexity index is 353. The molecule has 1 aromatic rings. The average molecular weight is 283 g/mol. The van der Waals surface area contributed by atoms with Crippen molar-refractivity contribution in [1.29, 1.82) is 0 Å². The third-order valence-corrected chi connectivity index (χ3v) is 3.36. The van der Waals surface area contributed by atoms with Crippen molar-refractivity contribution in [2.75, 3.05) is 6.61 Å². The Kier molecular flexibility index (Phi) is 4.13. The van der Waals surface area contributed by atoms with Crippen molar-refractivity contribution in [3.8, 4) is 0 Å². The molecule has 16 heavy (non-hydrogen) atoms. The summed E-state index contributed by atoms with van der Waals surface area (Å²) in [6.07, 6.45) is 3.39. The molecule has 2 nitrogen and oxygen atoms in total. The van der Waals surface area contributed by atoms with Crippen LogP contribution in [0.15, 0.2) is 28.7 Å². The van der Waals surface area contributed by atoms with Gasteiger partial charge in [0.2, 0.25) is 0 Å². The van der Waals surface area contributed by atoms with E-state index in [1.807, 2.05) is 24.3 Å². The van der Waals surface area contributed by atoms with Gasteiger partial charge in [-0.05, 0) is 37.0 Å². The van der Waals surface area contributed by atoms with Crippen LogP contribution in [-0.4, -0.2) is 18.5 Å². The second-order valence-corrected chi connectivity index (χ2v) is 5.04. The standard InChI is InChI=1S/C13H15BrO2/c14-11-6-4-10(5-7-11)9-12(15)13-3-1-2-8-16-13/h4-7,13H,1-3,8-9H2. The van der Waals surface area contributed by atoms with Crippen LogP contribution < -0.4 is 0 Å². The van der Waals surface area contributed by atoms with Crippen LogP contribution in [0, 0.1) is 0 Å². The monoisotopic (exact) mass is 282 g/mol. The highest BCUT2D eigenvalue weighted by atomic mass is 79.9. The molecule has 86 valence electrons. The van der Waals surface area contributed by atoms with Crippen LogP contribution in [0.3, 0.4) is 0 Å². The van der Waals surface area contributed by atoms with Gasteiger partial charge in [-0.25, -0.2) is 0 Å². The summed E-state index contributed by atoms with van der Waals surface area (Å²) in [5, 5.41) is 0. The molecule has 1 atom stereocenters. The van der Waals surface area contributed by atoms with Crippen molar-refractivity contribution < 1.29 is 9.53 Å². The highest BCUT2D eigenvalue weighted by molar-refractivity contribution is 9.10. The molecule has 1 aliphatic rings. The van der Waals surface area contributed by atoms with Gasteiger partial charge in [-0.15, -0.1) is 0 Å². The van der Waals surface area contributed by atoms with E-state index in [2.05, 4.69) is 15.9 Å². The quantitative estimate of drug-likeness (QED) is 0.852. The van der Waals surface area contributed by atoms with E-state index in [4.69, 9.17) is 4.74 Å². The van der Waals surface area contributed by atoms with Gasteiger partial charge in [0.25, 0.3) is 0 Å². The first kappa shape index (κ1) is 11.8. The summed E-state index contributed by atoms with van der Waals surface area (Å²) >= 11 is 3.38. The van der Waals surface area contributed by atoms with Crippen LogP contribution in [0.1, 0.15) is 24.8 Å². The maximum absolute atomic E-state index is 11.9. The molecule has 0 bridgehead atoms. The summed E-state index contributed by atoms with van der Waals surface area (Å²) in [6.45, 7) is 0.733. The zero-order valence-corrected chi connectivity index (χ0v) is 10.7. The fourth-order valence-corrected chi connectivity index (χ4v) is 2.18. The first-order valence-corrected chi connectivity index (χ1v) is 6.44. The topological polar surface area (TPSA) is 26.3 Å². The number of carbonyl (C=O) groups is 1. The number of rotatable bonds is 3. The first-order valence-electron chi connectivity index (χ1n) is 5.64. The Balaban J connectivity index is 1.93. The average Bonchev–Trinajstić information content (AvgIpc) is 2.33. The van der Waals surface area contributed by atoms with Crippen LogP contribution in [0.2, 0.25) is 0 Å². The number of ketones is 1. The highest BCUT2D eigenvalue weighted by Crippen LogP contribution is 2.16. The zero-order chi connectivity index (χ0) is 11.4. The summed E-state index contributed by atoms with van der Waals surface area (Å²) in [5.41, 5.74) is 1.06. The fourth-order valence-electron chi connectivity index (χ4n) is 1.91. The van der Waals surface area contributed by atoms with Crippen LogP contribution in [0.4, 0.5) is 0 Å². The van der Waals surface area contributed by atoms with Crippen molar-refractivity contribution in [2.45, 2.75) is 31.8 Å². The van der Waals surface area contributed by atoms with E-state index in [0.717, 1.165) is 35.9 Å². The number of hydrogen-bond donors (Lipinski definition) is 0. The Morgan fingerprint density at radius 3 is 2.69 bits per heavy atom. The highest BCUT2D eigenvalue weighted by Gasteiger charge is 2.21. The molecule has 0 aliphatic carbocycles. The predicted octanol–water partition coefficient (Wildman–Crippen LogP) is 3.13. The minimum absolute atomic E-state index is 0.169. The number of benzene rings is 1. The van der Waals surface area contributed by atoms with E-state index in [1.54, 1.807) is 0 Å². The molecule has 2 rings (SSSR count). The van der Waals surface area contributed by atoms with E-state index in [0.29, 0.717) is 6.42 Å². The minimum atomic E-state index is -0.169. The molecule has 0 N–H and O–H groups in total. The SMILES string of the molecule is O=C(Cc1ccc(Br)cc1)C1CCCCO1. The number of halogens is 1. The van der Waals surface area contributed by atoms with E-state index < -0.39 is 0 Å². The number of hydrogen-bond acceptors (Lipinski definition) is 2. The Morgan fingerprint density at radius 2 is 2.06 bits per heavy atom. The van der Waals surface area contributed by atoms with Gasteiger partial charge in [-0.2, -0.15) is 0 Å². The van der Waals surface area contributed by atoms with E-state index in [9.17, 15) is 4.79 Å². The molecular formula is C13H15BrO2. The van der Waals surface area contributed by atoms with Crippen molar-refractivity contribution in [3.63, 3.8) is 0 Å². The summed E-state index contributed by atoms with van der Waals surface area (Å²) in [5.74, 6) is 0.210. The smallest absolute Gasteiger partial charge is 0.165 e. The van der Waals surface area contributed by atoms with E-state index in [1.165, 1.54) is 0 Å².